The van der Waals surface area contributed by atoms with Crippen molar-refractivity contribution in [2.24, 2.45) is 0 Å². The van der Waals surface area contributed by atoms with Crippen molar-refractivity contribution in [1.82, 2.24) is 10.6 Å². The SMILES string of the molecule is O=C(O)NCCNC(=O)c1cccc(-c2cccc3oc(Cc4cccc(C(F)(F)F)c4)cc23)c1. The van der Waals surface area contributed by atoms with Crippen molar-refractivity contribution in [2.75, 3.05) is 13.1 Å². The first-order chi connectivity index (χ1) is 16.7. The Kier molecular flexibility index (Phi) is 6.77. The van der Waals surface area contributed by atoms with E-state index < -0.39 is 17.8 Å². The van der Waals surface area contributed by atoms with Crippen molar-refractivity contribution in [3.63, 3.8) is 0 Å². The molecule has 3 N–H and O–H groups in total. The number of carboxylic acid groups (broad SMARTS) is 1. The third-order valence-electron chi connectivity index (χ3n) is 5.37. The lowest BCUT2D eigenvalue weighted by Crippen LogP contribution is -2.33. The number of carbonyl (C=O) groups is 2. The molecule has 35 heavy (non-hydrogen) atoms. The molecule has 0 aliphatic heterocycles. The van der Waals surface area contributed by atoms with Gasteiger partial charge in [0.1, 0.15) is 11.3 Å². The Bertz CT molecular complexity index is 1380. The van der Waals surface area contributed by atoms with Crippen molar-refractivity contribution in [3.05, 3.63) is 95.2 Å². The summed E-state index contributed by atoms with van der Waals surface area (Å²) in [6.07, 6.45) is -5.38. The van der Waals surface area contributed by atoms with Crippen LogP contribution in [0.4, 0.5) is 18.0 Å². The smallest absolute Gasteiger partial charge is 0.416 e. The first-order valence-electron chi connectivity index (χ1n) is 10.7. The maximum atomic E-state index is 13.0. The molecular weight excluding hydrogens is 461 g/mol. The molecule has 9 heteroatoms. The molecule has 6 nitrogen and oxygen atoms in total. The molecule has 0 aliphatic carbocycles. The molecular formula is C26H21F3N2O4. The molecule has 0 fully saturated rings. The summed E-state index contributed by atoms with van der Waals surface area (Å²) in [6, 6.07) is 19.4. The van der Waals surface area contributed by atoms with Crippen molar-refractivity contribution in [2.45, 2.75) is 12.6 Å². The van der Waals surface area contributed by atoms with Crippen LogP contribution in [0.25, 0.3) is 22.1 Å². The largest absolute Gasteiger partial charge is 0.465 e. The number of carbonyl (C=O) groups excluding carboxylic acids is 1. The molecule has 0 saturated heterocycles. The van der Waals surface area contributed by atoms with Crippen LogP contribution in [0.3, 0.4) is 0 Å². The van der Waals surface area contributed by atoms with E-state index in [4.69, 9.17) is 9.52 Å². The van der Waals surface area contributed by atoms with Gasteiger partial charge in [-0.25, -0.2) is 4.79 Å². The number of hydrogen-bond donors (Lipinski definition) is 3. The molecule has 2 amide bonds. The first kappa shape index (κ1) is 23.9. The normalized spacial score (nSPS) is 11.4. The van der Waals surface area contributed by atoms with Crippen molar-refractivity contribution in [1.29, 1.82) is 0 Å². The number of amides is 2. The Morgan fingerprint density at radius 3 is 2.40 bits per heavy atom. The highest BCUT2D eigenvalue weighted by atomic mass is 19.4. The zero-order valence-corrected chi connectivity index (χ0v) is 18.4. The molecule has 0 aliphatic rings. The molecule has 0 bridgehead atoms. The summed E-state index contributed by atoms with van der Waals surface area (Å²) in [6.45, 7) is 0.231. The molecule has 180 valence electrons. The lowest BCUT2D eigenvalue weighted by Gasteiger charge is -2.08. The zero-order chi connectivity index (χ0) is 25.0. The van der Waals surface area contributed by atoms with Gasteiger partial charge >= 0.3 is 12.3 Å². The molecule has 0 radical (unpaired) electrons. The molecule has 4 rings (SSSR count). The third-order valence-corrected chi connectivity index (χ3v) is 5.37. The Morgan fingerprint density at radius 1 is 0.886 bits per heavy atom. The van der Waals surface area contributed by atoms with E-state index in [0.717, 1.165) is 28.6 Å². The highest BCUT2D eigenvalue weighted by Crippen LogP contribution is 2.33. The molecule has 1 heterocycles. The number of furan rings is 1. The molecule has 0 unspecified atom stereocenters. The quantitative estimate of drug-likeness (QED) is 0.295. The highest BCUT2D eigenvalue weighted by molar-refractivity contribution is 5.98. The number of alkyl halides is 3. The molecule has 0 saturated carbocycles. The molecule has 0 spiro atoms. The van der Waals surface area contributed by atoms with Crippen LogP contribution in [0.1, 0.15) is 27.2 Å². The first-order valence-corrected chi connectivity index (χ1v) is 10.7. The maximum Gasteiger partial charge on any atom is 0.416 e. The Hall–Kier alpha value is -4.27. The number of rotatable bonds is 7. The van der Waals surface area contributed by atoms with Crippen molar-refractivity contribution in [3.8, 4) is 11.1 Å². The van der Waals surface area contributed by atoms with Gasteiger partial charge in [0.2, 0.25) is 0 Å². The van der Waals surface area contributed by atoms with E-state index in [1.54, 1.807) is 42.5 Å². The fourth-order valence-electron chi connectivity index (χ4n) is 3.79. The second-order valence-electron chi connectivity index (χ2n) is 7.87. The van der Waals surface area contributed by atoms with Crippen LogP contribution in [-0.2, 0) is 12.6 Å². The molecule has 0 atom stereocenters. The van der Waals surface area contributed by atoms with Crippen molar-refractivity contribution < 1.29 is 32.3 Å². The van der Waals surface area contributed by atoms with Gasteiger partial charge in [-0.05, 0) is 47.0 Å². The number of fused-ring (bicyclic) bond motifs is 1. The highest BCUT2D eigenvalue weighted by Gasteiger charge is 2.30. The average molecular weight is 482 g/mol. The van der Waals surface area contributed by atoms with Crippen molar-refractivity contribution >= 4 is 23.0 Å². The van der Waals surface area contributed by atoms with Gasteiger partial charge in [-0.3, -0.25) is 4.79 Å². The minimum absolute atomic E-state index is 0.0870. The van der Waals surface area contributed by atoms with Crippen LogP contribution in [0.15, 0.2) is 77.2 Å². The van der Waals surface area contributed by atoms with Crippen LogP contribution in [-0.4, -0.2) is 30.2 Å². The summed E-state index contributed by atoms with van der Waals surface area (Å²) in [5.74, 6) is 0.176. The zero-order valence-electron chi connectivity index (χ0n) is 18.4. The number of nitrogens with one attached hydrogen (secondary N) is 2. The summed E-state index contributed by atoms with van der Waals surface area (Å²) in [5.41, 5.74) is 2.33. The predicted octanol–water partition coefficient (Wildman–Crippen LogP) is 5.71. The number of benzene rings is 3. The van der Waals surface area contributed by atoms with Gasteiger partial charge in [0, 0.05) is 30.5 Å². The van der Waals surface area contributed by atoms with Gasteiger partial charge in [0.15, 0.2) is 0 Å². The Balaban J connectivity index is 1.57. The topological polar surface area (TPSA) is 91.6 Å². The lowest BCUT2D eigenvalue weighted by atomic mass is 9.99. The van der Waals surface area contributed by atoms with E-state index in [-0.39, 0.29) is 25.4 Å². The van der Waals surface area contributed by atoms with Gasteiger partial charge in [-0.15, -0.1) is 0 Å². The van der Waals surface area contributed by atoms with Crippen LogP contribution in [0.5, 0.6) is 0 Å². The fraction of sp³-hybridized carbons (Fsp3) is 0.154. The lowest BCUT2D eigenvalue weighted by molar-refractivity contribution is -0.137. The molecule has 3 aromatic carbocycles. The predicted molar refractivity (Wildman–Crippen MR) is 124 cm³/mol. The van der Waals surface area contributed by atoms with Crippen LogP contribution < -0.4 is 10.6 Å². The Labute approximate surface area is 198 Å². The van der Waals surface area contributed by atoms with E-state index >= 15 is 0 Å². The maximum absolute atomic E-state index is 13.0. The van der Waals surface area contributed by atoms with E-state index in [0.29, 0.717) is 22.5 Å². The standard InChI is InChI=1S/C26H21F3N2O4/c27-26(28,29)19-7-1-4-16(12-19)13-20-15-22-21(8-3-9-23(22)35-20)17-5-2-6-18(14-17)24(32)30-10-11-31-25(33)34/h1-9,12,14-15,31H,10-11,13H2,(H,30,32)(H,33,34). The number of halogens is 3. The van der Waals surface area contributed by atoms with E-state index in [1.165, 1.54) is 6.07 Å². The van der Waals surface area contributed by atoms with E-state index in [1.807, 2.05) is 12.1 Å². The van der Waals surface area contributed by atoms with Crippen LogP contribution in [0, 0.1) is 0 Å². The van der Waals surface area contributed by atoms with Gasteiger partial charge in [-0.1, -0.05) is 42.5 Å². The van der Waals surface area contributed by atoms with E-state index in [2.05, 4.69) is 10.6 Å². The average Bonchev–Trinajstić information content (AvgIpc) is 3.23. The summed E-state index contributed by atoms with van der Waals surface area (Å²) in [7, 11) is 0. The summed E-state index contributed by atoms with van der Waals surface area (Å²) < 4.78 is 45.0. The minimum Gasteiger partial charge on any atom is -0.465 e. The summed E-state index contributed by atoms with van der Waals surface area (Å²) in [5, 5.41) is 14.2. The second kappa shape index (κ2) is 9.92. The number of hydrogen-bond acceptors (Lipinski definition) is 3. The summed E-state index contributed by atoms with van der Waals surface area (Å²) >= 11 is 0. The fourth-order valence-corrected chi connectivity index (χ4v) is 3.79. The minimum atomic E-state index is -4.42. The summed E-state index contributed by atoms with van der Waals surface area (Å²) in [4.78, 5) is 23.0. The molecule has 1 aromatic heterocycles. The van der Waals surface area contributed by atoms with Gasteiger partial charge < -0.3 is 20.2 Å². The Morgan fingerprint density at radius 2 is 1.63 bits per heavy atom. The third kappa shape index (κ3) is 5.81. The monoisotopic (exact) mass is 482 g/mol. The van der Waals surface area contributed by atoms with Gasteiger partial charge in [0.25, 0.3) is 5.91 Å². The van der Waals surface area contributed by atoms with E-state index in [9.17, 15) is 22.8 Å². The second-order valence-corrected chi connectivity index (χ2v) is 7.87. The molecule has 4 aromatic rings. The van der Waals surface area contributed by atoms with Gasteiger partial charge in [-0.2, -0.15) is 13.2 Å². The van der Waals surface area contributed by atoms with Gasteiger partial charge in [0.05, 0.1) is 5.56 Å². The van der Waals surface area contributed by atoms with Crippen LogP contribution >= 0.6 is 0 Å². The van der Waals surface area contributed by atoms with Crippen LogP contribution in [0.2, 0.25) is 0 Å².